The maximum atomic E-state index is 13.0. The van der Waals surface area contributed by atoms with Crippen LogP contribution in [0.4, 0.5) is 24.8 Å². The fraction of sp³-hybridized carbons (Fsp3) is 0.208. The molecule has 0 aliphatic carbocycles. The SMILES string of the molecule is CC(C)Cc1cc(Nc2ncc(-c3cccs3)cc2C(=O)O)nn1-c1ccc(C(F)(F)F)cc1. The number of nitrogens with zero attached hydrogens (tertiary/aromatic N) is 3. The van der Waals surface area contributed by atoms with Gasteiger partial charge in [-0.3, -0.25) is 0 Å². The molecule has 0 aliphatic heterocycles. The Morgan fingerprint density at radius 1 is 1.18 bits per heavy atom. The first-order valence-electron chi connectivity index (χ1n) is 10.4. The molecule has 2 N–H and O–H groups in total. The number of pyridine rings is 1. The van der Waals surface area contributed by atoms with Crippen LogP contribution in [0, 0.1) is 5.92 Å². The minimum atomic E-state index is -4.43. The Morgan fingerprint density at radius 3 is 2.50 bits per heavy atom. The summed E-state index contributed by atoms with van der Waals surface area (Å²) in [5, 5.41) is 19.1. The van der Waals surface area contributed by atoms with Crippen LogP contribution < -0.4 is 5.32 Å². The minimum Gasteiger partial charge on any atom is -0.478 e. The summed E-state index contributed by atoms with van der Waals surface area (Å²) in [7, 11) is 0. The summed E-state index contributed by atoms with van der Waals surface area (Å²) >= 11 is 1.48. The van der Waals surface area contributed by atoms with Gasteiger partial charge >= 0.3 is 12.1 Å². The topological polar surface area (TPSA) is 80.0 Å². The van der Waals surface area contributed by atoms with Crippen molar-refractivity contribution in [3.05, 3.63) is 76.9 Å². The van der Waals surface area contributed by atoms with Crippen LogP contribution in [0.1, 0.15) is 35.5 Å². The highest BCUT2D eigenvalue weighted by Crippen LogP contribution is 2.31. The van der Waals surface area contributed by atoms with Gasteiger partial charge in [-0.1, -0.05) is 19.9 Å². The molecule has 10 heteroatoms. The van der Waals surface area contributed by atoms with Gasteiger partial charge in [0.25, 0.3) is 0 Å². The van der Waals surface area contributed by atoms with Crippen LogP contribution in [-0.2, 0) is 12.6 Å². The second kappa shape index (κ2) is 9.30. The van der Waals surface area contributed by atoms with Gasteiger partial charge in [0.1, 0.15) is 11.4 Å². The lowest BCUT2D eigenvalue weighted by Crippen LogP contribution is -2.08. The lowest BCUT2D eigenvalue weighted by atomic mass is 10.1. The molecule has 3 aromatic heterocycles. The molecular weight excluding hydrogens is 465 g/mol. The molecule has 0 atom stereocenters. The van der Waals surface area contributed by atoms with E-state index in [0.717, 1.165) is 22.7 Å². The van der Waals surface area contributed by atoms with E-state index in [0.29, 0.717) is 23.5 Å². The summed E-state index contributed by atoms with van der Waals surface area (Å²) in [5.41, 5.74) is 1.17. The molecule has 0 radical (unpaired) electrons. The molecule has 0 aliphatic rings. The first-order valence-corrected chi connectivity index (χ1v) is 11.3. The Morgan fingerprint density at radius 2 is 1.91 bits per heavy atom. The zero-order valence-corrected chi connectivity index (χ0v) is 19.1. The van der Waals surface area contributed by atoms with Crippen LogP contribution in [0.15, 0.2) is 60.1 Å². The summed E-state index contributed by atoms with van der Waals surface area (Å²) in [6.45, 7) is 4.04. The predicted octanol–water partition coefficient (Wildman–Crippen LogP) is 6.65. The van der Waals surface area contributed by atoms with Gasteiger partial charge in [0.05, 0.1) is 11.3 Å². The lowest BCUT2D eigenvalue weighted by Gasteiger charge is -2.11. The molecule has 3 heterocycles. The van der Waals surface area contributed by atoms with Gasteiger partial charge < -0.3 is 10.4 Å². The summed E-state index contributed by atoms with van der Waals surface area (Å²) < 4.78 is 40.4. The zero-order valence-electron chi connectivity index (χ0n) is 18.3. The van der Waals surface area contributed by atoms with Crippen molar-refractivity contribution in [2.24, 2.45) is 5.92 Å². The molecular formula is C24H21F3N4O2S. The number of alkyl halides is 3. The average Bonchev–Trinajstić information content (AvgIpc) is 3.43. The van der Waals surface area contributed by atoms with Crippen LogP contribution in [0.2, 0.25) is 0 Å². The number of rotatable bonds is 7. The molecule has 0 saturated heterocycles. The number of carboxylic acids is 1. The van der Waals surface area contributed by atoms with Gasteiger partial charge in [0.15, 0.2) is 5.82 Å². The molecule has 0 bridgehead atoms. The van der Waals surface area contributed by atoms with Crippen molar-refractivity contribution in [3.63, 3.8) is 0 Å². The van der Waals surface area contributed by atoms with E-state index in [2.05, 4.69) is 15.4 Å². The second-order valence-corrected chi connectivity index (χ2v) is 9.05. The second-order valence-electron chi connectivity index (χ2n) is 8.10. The molecule has 0 fully saturated rings. The molecule has 0 saturated carbocycles. The molecule has 0 amide bonds. The highest BCUT2D eigenvalue weighted by molar-refractivity contribution is 7.13. The van der Waals surface area contributed by atoms with Crippen molar-refractivity contribution in [3.8, 4) is 16.1 Å². The first-order chi connectivity index (χ1) is 16.1. The maximum Gasteiger partial charge on any atom is 0.416 e. The van der Waals surface area contributed by atoms with Crippen molar-refractivity contribution in [1.82, 2.24) is 14.8 Å². The Hall–Kier alpha value is -3.66. The molecule has 0 unspecified atom stereocenters. The van der Waals surface area contributed by atoms with E-state index in [1.54, 1.807) is 23.0 Å². The van der Waals surface area contributed by atoms with Crippen molar-refractivity contribution in [2.45, 2.75) is 26.4 Å². The van der Waals surface area contributed by atoms with Crippen LogP contribution in [-0.4, -0.2) is 25.8 Å². The Bertz CT molecular complexity index is 1300. The number of benzene rings is 1. The van der Waals surface area contributed by atoms with E-state index in [-0.39, 0.29) is 17.3 Å². The van der Waals surface area contributed by atoms with Gasteiger partial charge in [0.2, 0.25) is 0 Å². The van der Waals surface area contributed by atoms with Crippen molar-refractivity contribution in [1.29, 1.82) is 0 Å². The zero-order chi connectivity index (χ0) is 24.5. The molecule has 4 aromatic rings. The highest BCUT2D eigenvalue weighted by Gasteiger charge is 2.30. The first kappa shape index (κ1) is 23.5. The molecule has 4 rings (SSSR count). The monoisotopic (exact) mass is 486 g/mol. The number of hydrogen-bond acceptors (Lipinski definition) is 5. The van der Waals surface area contributed by atoms with Gasteiger partial charge in [-0.25, -0.2) is 14.5 Å². The summed E-state index contributed by atoms with van der Waals surface area (Å²) in [6, 6.07) is 11.8. The van der Waals surface area contributed by atoms with Crippen LogP contribution in [0.5, 0.6) is 0 Å². The van der Waals surface area contributed by atoms with E-state index in [9.17, 15) is 23.1 Å². The number of thiophene rings is 1. The molecule has 176 valence electrons. The van der Waals surface area contributed by atoms with E-state index in [1.165, 1.54) is 23.5 Å². The normalized spacial score (nSPS) is 11.7. The standard InChI is InChI=1S/C24H21F3N4O2S/c1-14(2)10-18-12-21(30-31(18)17-7-5-16(6-8-17)24(25,26)27)29-22-19(23(32)33)11-15(13-28-22)20-4-3-9-34-20/h3-9,11-14H,10H2,1-2H3,(H,32,33)(H,28,29,30). The third-order valence-corrected chi connectivity index (χ3v) is 5.93. The van der Waals surface area contributed by atoms with Crippen molar-refractivity contribution >= 4 is 28.9 Å². The number of carbonyl (C=O) groups is 1. The van der Waals surface area contributed by atoms with Crippen LogP contribution in [0.3, 0.4) is 0 Å². The third-order valence-electron chi connectivity index (χ3n) is 5.01. The number of nitrogens with one attached hydrogen (secondary N) is 1. The lowest BCUT2D eigenvalue weighted by molar-refractivity contribution is -0.137. The predicted molar refractivity (Wildman–Crippen MR) is 125 cm³/mol. The quantitative estimate of drug-likeness (QED) is 0.306. The van der Waals surface area contributed by atoms with E-state index in [1.807, 2.05) is 31.4 Å². The third kappa shape index (κ3) is 5.12. The minimum absolute atomic E-state index is 0.0135. The number of carboxylic acid groups (broad SMARTS) is 1. The van der Waals surface area contributed by atoms with Crippen LogP contribution >= 0.6 is 11.3 Å². The largest absolute Gasteiger partial charge is 0.478 e. The summed E-state index contributed by atoms with van der Waals surface area (Å²) in [6.07, 6.45) is -2.22. The number of anilines is 2. The van der Waals surface area contributed by atoms with Gasteiger partial charge in [-0.2, -0.15) is 13.2 Å². The van der Waals surface area contributed by atoms with E-state index in [4.69, 9.17) is 0 Å². The number of aromatic nitrogens is 3. The number of halogens is 3. The smallest absolute Gasteiger partial charge is 0.416 e. The summed E-state index contributed by atoms with van der Waals surface area (Å²) in [4.78, 5) is 17.1. The van der Waals surface area contributed by atoms with E-state index < -0.39 is 17.7 Å². The fourth-order valence-electron chi connectivity index (χ4n) is 3.49. The average molecular weight is 487 g/mol. The molecule has 1 aromatic carbocycles. The van der Waals surface area contributed by atoms with Crippen molar-refractivity contribution in [2.75, 3.05) is 5.32 Å². The number of hydrogen-bond donors (Lipinski definition) is 2. The Labute approximate surface area is 197 Å². The van der Waals surface area contributed by atoms with Gasteiger partial charge in [-0.05, 0) is 54.1 Å². The van der Waals surface area contributed by atoms with Gasteiger partial charge in [0, 0.05) is 28.4 Å². The van der Waals surface area contributed by atoms with Crippen LogP contribution in [0.25, 0.3) is 16.1 Å². The molecule has 34 heavy (non-hydrogen) atoms. The molecule has 0 spiro atoms. The highest BCUT2D eigenvalue weighted by atomic mass is 32.1. The fourth-order valence-corrected chi connectivity index (χ4v) is 4.19. The molecule has 6 nitrogen and oxygen atoms in total. The van der Waals surface area contributed by atoms with Gasteiger partial charge in [-0.15, -0.1) is 16.4 Å². The number of aromatic carboxylic acids is 1. The van der Waals surface area contributed by atoms with E-state index >= 15 is 0 Å². The summed E-state index contributed by atoms with van der Waals surface area (Å²) in [5.74, 6) is -0.413. The van der Waals surface area contributed by atoms with Crippen molar-refractivity contribution < 1.29 is 23.1 Å². The maximum absolute atomic E-state index is 13.0. The Balaban J connectivity index is 1.69. The Kier molecular flexibility index (Phi) is 6.43.